The molecule has 0 N–H and O–H groups in total. The van der Waals surface area contributed by atoms with Crippen LogP contribution in [-0.4, -0.2) is 5.75 Å². The Kier molecular flexibility index (Phi) is 11.0. The summed E-state index contributed by atoms with van der Waals surface area (Å²) in [6, 6.07) is 0. The molecule has 0 heterocycles. The second-order valence-electron chi connectivity index (χ2n) is 1.04. The van der Waals surface area contributed by atoms with Crippen molar-refractivity contribution < 1.29 is 38.0 Å². The summed E-state index contributed by atoms with van der Waals surface area (Å²) in [5.41, 5.74) is 0. The van der Waals surface area contributed by atoms with Crippen LogP contribution in [0.5, 0.6) is 0 Å². The minimum absolute atomic E-state index is 0. The Morgan fingerprint density at radius 2 is 2.00 bits per heavy atom. The summed E-state index contributed by atoms with van der Waals surface area (Å²) in [7, 11) is -1.90. The largest absolute Gasteiger partial charge is 1.00 e. The maximum Gasteiger partial charge on any atom is 1.00 e. The normalized spacial score (nSPS) is 9.75. The van der Waals surface area contributed by atoms with E-state index in [0.29, 0.717) is 0 Å². The molecule has 0 radical (unpaired) electrons. The maximum atomic E-state index is 9.71. The Balaban J connectivity index is 0. The third kappa shape index (κ3) is 9.85. The molecule has 42 valence electrons. The number of hydrogen-bond acceptors (Lipinski definition) is 3. The Labute approximate surface area is 73.2 Å². The van der Waals surface area contributed by atoms with Crippen LogP contribution in [0.25, 0.3) is 0 Å². The van der Waals surface area contributed by atoms with Gasteiger partial charge >= 0.3 is 29.6 Å². The van der Waals surface area contributed by atoms with Gasteiger partial charge in [0.25, 0.3) is 0 Å². The monoisotopic (exact) mass is 142 g/mol. The third-order valence-electron chi connectivity index (χ3n) is 0.468. The van der Waals surface area contributed by atoms with E-state index in [1.54, 1.807) is 19.1 Å². The molecule has 0 aromatic heterocycles. The smallest absolute Gasteiger partial charge is 0.424 e. The van der Waals surface area contributed by atoms with Crippen LogP contribution in [-0.2, 0) is 19.1 Å². The predicted molar refractivity (Wildman–Crippen MR) is 28.4 cm³/mol. The van der Waals surface area contributed by atoms with Crippen molar-refractivity contribution in [3.63, 3.8) is 0 Å². The van der Waals surface area contributed by atoms with Gasteiger partial charge in [-0.25, -0.2) is 0 Å². The van der Waals surface area contributed by atoms with Gasteiger partial charge in [-0.05, 0) is 6.92 Å². The molecule has 0 amide bonds. The van der Waals surface area contributed by atoms with Crippen LogP contribution in [0.4, 0.5) is 0 Å². The summed E-state index contributed by atoms with van der Waals surface area (Å²) in [4.78, 5) is 0. The van der Waals surface area contributed by atoms with Gasteiger partial charge in [0.2, 0.25) is 0 Å². The molecule has 0 unspecified atom stereocenters. The van der Waals surface area contributed by atoms with Gasteiger partial charge in [0.1, 0.15) is 0 Å². The Morgan fingerprint density at radius 3 is 2.12 bits per heavy atom. The van der Waals surface area contributed by atoms with Crippen LogP contribution in [0.1, 0.15) is 6.92 Å². The summed E-state index contributed by atoms with van der Waals surface area (Å²) in [5, 5.41) is 0. The molecule has 0 saturated carbocycles. The Morgan fingerprint density at radius 1 is 1.50 bits per heavy atom. The topological polar surface area (TPSA) is 34.1 Å². The molecule has 0 fully saturated rings. The second kappa shape index (κ2) is 7.69. The molecule has 0 atom stereocenters. The maximum absolute atomic E-state index is 9.71. The van der Waals surface area contributed by atoms with Crippen LogP contribution < -0.4 is 29.6 Å². The second-order valence-corrected chi connectivity index (χ2v) is 1.98. The minimum atomic E-state index is -1.90. The molecule has 0 aromatic rings. The van der Waals surface area contributed by atoms with Crippen LogP contribution >= 0.6 is 0 Å². The molecule has 0 aliphatic carbocycles. The SMILES string of the molecule is CC=CC[S-](=O)=O.[Na+]. The molecule has 2 nitrogen and oxygen atoms in total. The van der Waals surface area contributed by atoms with E-state index >= 15 is 0 Å². The van der Waals surface area contributed by atoms with E-state index in [1.165, 1.54) is 0 Å². The minimum Gasteiger partial charge on any atom is -0.424 e. The zero-order valence-electron chi connectivity index (χ0n) is 5.09. The third-order valence-corrected chi connectivity index (χ3v) is 0.933. The van der Waals surface area contributed by atoms with Crippen LogP contribution in [0.2, 0.25) is 0 Å². The summed E-state index contributed by atoms with van der Waals surface area (Å²) < 4.78 is 19.4. The molecule has 4 heteroatoms. The predicted octanol–water partition coefficient (Wildman–Crippen LogP) is -2.12. The Bertz CT molecular complexity index is 120. The van der Waals surface area contributed by atoms with Gasteiger partial charge in [-0.1, -0.05) is 22.5 Å². The number of allylic oxidation sites excluding steroid dienone is 1. The van der Waals surface area contributed by atoms with Gasteiger partial charge in [0, 0.05) is 0 Å². The van der Waals surface area contributed by atoms with E-state index in [9.17, 15) is 8.42 Å². The summed E-state index contributed by atoms with van der Waals surface area (Å²) in [5.74, 6) is 0.135. The first-order valence-electron chi connectivity index (χ1n) is 1.94. The van der Waals surface area contributed by atoms with Gasteiger partial charge < -0.3 is 8.42 Å². The quantitative estimate of drug-likeness (QED) is 0.251. The van der Waals surface area contributed by atoms with Gasteiger partial charge in [-0.2, -0.15) is 0 Å². The number of rotatable bonds is 2. The van der Waals surface area contributed by atoms with Crippen molar-refractivity contribution in [2.24, 2.45) is 0 Å². The molecule has 8 heavy (non-hydrogen) atoms. The van der Waals surface area contributed by atoms with Crippen molar-refractivity contribution >= 4 is 10.7 Å². The van der Waals surface area contributed by atoms with E-state index in [-0.39, 0.29) is 35.3 Å². The van der Waals surface area contributed by atoms with Crippen molar-refractivity contribution in [1.29, 1.82) is 0 Å². The molecule has 0 aliphatic rings. The summed E-state index contributed by atoms with van der Waals surface area (Å²) in [6.07, 6.45) is 3.29. The van der Waals surface area contributed by atoms with Gasteiger partial charge in [-0.3, -0.25) is 0 Å². The molecule has 0 aliphatic heterocycles. The van der Waals surface area contributed by atoms with Crippen LogP contribution in [0.3, 0.4) is 0 Å². The van der Waals surface area contributed by atoms with Crippen LogP contribution in [0.15, 0.2) is 12.2 Å². The zero-order chi connectivity index (χ0) is 5.70. The first kappa shape index (κ1) is 11.5. The van der Waals surface area contributed by atoms with Gasteiger partial charge in [-0.15, -0.1) is 6.08 Å². The van der Waals surface area contributed by atoms with E-state index in [2.05, 4.69) is 0 Å². The summed E-state index contributed by atoms with van der Waals surface area (Å²) in [6.45, 7) is 1.78. The van der Waals surface area contributed by atoms with Crippen molar-refractivity contribution in [3.8, 4) is 0 Å². The van der Waals surface area contributed by atoms with Gasteiger partial charge in [0.05, 0.1) is 0 Å². The molecule has 0 saturated heterocycles. The van der Waals surface area contributed by atoms with E-state index < -0.39 is 10.7 Å². The average molecular weight is 142 g/mol. The van der Waals surface area contributed by atoms with Gasteiger partial charge in [0.15, 0.2) is 0 Å². The van der Waals surface area contributed by atoms with Crippen molar-refractivity contribution in [3.05, 3.63) is 12.2 Å². The molecule has 0 aromatic carbocycles. The molecule has 0 rings (SSSR count). The standard InChI is InChI=1S/C4H7O2S.Na/c1-2-3-4-7(5)6;/h2-3H,4H2,1H3;/q-1;+1. The first-order valence-corrected chi connectivity index (χ1v) is 3.18. The van der Waals surface area contributed by atoms with E-state index in [1.807, 2.05) is 0 Å². The fraction of sp³-hybridized carbons (Fsp3) is 0.500. The Hall–Kier alpha value is 0.690. The molecule has 0 bridgehead atoms. The van der Waals surface area contributed by atoms with Crippen molar-refractivity contribution in [2.75, 3.05) is 5.75 Å². The fourth-order valence-corrected chi connectivity index (χ4v) is 0.524. The van der Waals surface area contributed by atoms with Crippen LogP contribution in [0, 0.1) is 0 Å². The fourth-order valence-electron chi connectivity index (χ4n) is 0.175. The zero-order valence-corrected chi connectivity index (χ0v) is 7.90. The molecular formula is C4H7NaO2S. The average Bonchev–Trinajstić information content (AvgIpc) is 1.61. The molecular weight excluding hydrogens is 135 g/mol. The molecule has 0 spiro atoms. The first-order chi connectivity index (χ1) is 3.27. The van der Waals surface area contributed by atoms with Crippen molar-refractivity contribution in [1.82, 2.24) is 0 Å². The summed E-state index contributed by atoms with van der Waals surface area (Å²) >= 11 is 0. The van der Waals surface area contributed by atoms with E-state index in [4.69, 9.17) is 0 Å². The van der Waals surface area contributed by atoms with Crippen molar-refractivity contribution in [2.45, 2.75) is 6.92 Å². The number of hydrogen-bond donors (Lipinski definition) is 0. The van der Waals surface area contributed by atoms with E-state index in [0.717, 1.165) is 0 Å².